The molecule has 176 valence electrons. The van der Waals surface area contributed by atoms with E-state index in [0.29, 0.717) is 23.6 Å². The van der Waals surface area contributed by atoms with Gasteiger partial charge >= 0.3 is 0 Å². The lowest BCUT2D eigenvalue weighted by molar-refractivity contribution is -0.134. The average Bonchev–Trinajstić information content (AvgIpc) is 3.61. The van der Waals surface area contributed by atoms with Crippen LogP contribution in [0.1, 0.15) is 45.2 Å². The Morgan fingerprint density at radius 3 is 2.38 bits per heavy atom. The van der Waals surface area contributed by atoms with Gasteiger partial charge in [-0.25, -0.2) is 0 Å². The Hall–Kier alpha value is -3.32. The maximum atomic E-state index is 13.7. The molecule has 1 aliphatic carbocycles. The highest BCUT2D eigenvalue weighted by atomic mass is 32.1. The molecule has 2 aromatic carbocycles. The molecule has 0 spiro atoms. The van der Waals surface area contributed by atoms with Crippen molar-refractivity contribution in [3.63, 3.8) is 0 Å². The first-order chi connectivity index (χ1) is 16.6. The molecular weight excluding hydrogens is 448 g/mol. The molecule has 1 atom stereocenters. The number of carbonyl (C=O) groups excluding carboxylic acids is 2. The minimum absolute atomic E-state index is 0.0270. The fourth-order valence-electron chi connectivity index (χ4n) is 4.67. The molecule has 0 radical (unpaired) electrons. The number of carbonyl (C=O) groups is 2. The van der Waals surface area contributed by atoms with Gasteiger partial charge in [0, 0.05) is 29.1 Å². The summed E-state index contributed by atoms with van der Waals surface area (Å²) >= 11 is 1.75. The van der Waals surface area contributed by atoms with Crippen molar-refractivity contribution in [2.45, 2.75) is 31.3 Å². The standard InChI is InChI=1S/C27H28N2O4S/c1-32-21-14-19(15-22(16-21)33-2)27(31)29(20-8-9-20)17-25(30)28-12-10-24-23(11-13-34-24)26(28)18-6-4-3-5-7-18/h3-7,11,13-16,20,26H,8-10,12,17H2,1-2H3. The number of hydrogen-bond donors (Lipinski definition) is 0. The first-order valence-electron chi connectivity index (χ1n) is 11.5. The number of ether oxygens (including phenoxy) is 2. The molecule has 0 N–H and O–H groups in total. The van der Waals surface area contributed by atoms with Crippen LogP contribution >= 0.6 is 11.3 Å². The third-order valence-corrected chi connectivity index (χ3v) is 7.55. The topological polar surface area (TPSA) is 59.1 Å². The fraction of sp³-hybridized carbons (Fsp3) is 0.333. The van der Waals surface area contributed by atoms with Crippen LogP contribution in [0.2, 0.25) is 0 Å². The van der Waals surface area contributed by atoms with Crippen molar-refractivity contribution in [1.82, 2.24) is 9.80 Å². The highest BCUT2D eigenvalue weighted by Crippen LogP contribution is 2.38. The number of hydrogen-bond acceptors (Lipinski definition) is 5. The molecule has 3 aromatic rings. The largest absolute Gasteiger partial charge is 0.497 e. The van der Waals surface area contributed by atoms with Gasteiger partial charge in [-0.1, -0.05) is 30.3 Å². The van der Waals surface area contributed by atoms with Crippen LogP contribution in [0.4, 0.5) is 0 Å². The predicted molar refractivity (Wildman–Crippen MR) is 132 cm³/mol. The number of benzene rings is 2. The highest BCUT2D eigenvalue weighted by molar-refractivity contribution is 7.10. The van der Waals surface area contributed by atoms with Crippen molar-refractivity contribution in [3.05, 3.63) is 81.5 Å². The molecule has 34 heavy (non-hydrogen) atoms. The number of rotatable bonds is 7. The van der Waals surface area contributed by atoms with Gasteiger partial charge in [-0.05, 0) is 54.0 Å². The molecule has 1 aromatic heterocycles. The molecule has 0 saturated heterocycles. The molecule has 7 heteroatoms. The first-order valence-corrected chi connectivity index (χ1v) is 12.4. The lowest BCUT2D eigenvalue weighted by Crippen LogP contribution is -2.47. The lowest BCUT2D eigenvalue weighted by Gasteiger charge is -2.37. The Morgan fingerprint density at radius 1 is 1.03 bits per heavy atom. The second kappa shape index (κ2) is 9.50. The summed E-state index contributed by atoms with van der Waals surface area (Å²) in [6.45, 7) is 0.706. The first kappa shape index (κ1) is 22.5. The molecule has 0 bridgehead atoms. The monoisotopic (exact) mass is 476 g/mol. The van der Waals surface area contributed by atoms with Crippen LogP contribution in [0, 0.1) is 0 Å². The summed E-state index contributed by atoms with van der Waals surface area (Å²) in [5.74, 6) is 0.906. The normalized spacial score (nSPS) is 17.1. The second-order valence-corrected chi connectivity index (χ2v) is 9.72. The maximum absolute atomic E-state index is 13.7. The Labute approximate surface area is 203 Å². The van der Waals surface area contributed by atoms with Crippen LogP contribution in [0.25, 0.3) is 0 Å². The number of amides is 2. The van der Waals surface area contributed by atoms with E-state index in [1.165, 1.54) is 10.4 Å². The van der Waals surface area contributed by atoms with Crippen molar-refractivity contribution in [3.8, 4) is 11.5 Å². The number of nitrogens with zero attached hydrogens (tertiary/aromatic N) is 2. The number of thiophene rings is 1. The van der Waals surface area contributed by atoms with Crippen LogP contribution in [0.15, 0.2) is 60.0 Å². The van der Waals surface area contributed by atoms with Gasteiger partial charge in [0.1, 0.15) is 18.0 Å². The quantitative estimate of drug-likeness (QED) is 0.502. The number of fused-ring (bicyclic) bond motifs is 1. The van der Waals surface area contributed by atoms with Gasteiger partial charge in [0.05, 0.1) is 20.3 Å². The van der Waals surface area contributed by atoms with E-state index in [9.17, 15) is 9.59 Å². The molecule has 1 aliphatic heterocycles. The van der Waals surface area contributed by atoms with Gasteiger partial charge < -0.3 is 19.3 Å². The Bertz CT molecular complexity index is 1170. The zero-order valence-corrected chi connectivity index (χ0v) is 20.2. The molecule has 6 nitrogen and oxygen atoms in total. The third-order valence-electron chi connectivity index (χ3n) is 6.55. The molecule has 1 unspecified atom stereocenters. The van der Waals surface area contributed by atoms with Gasteiger partial charge in [0.25, 0.3) is 5.91 Å². The van der Waals surface area contributed by atoms with E-state index < -0.39 is 0 Å². The van der Waals surface area contributed by atoms with Crippen LogP contribution in [-0.2, 0) is 11.2 Å². The predicted octanol–water partition coefficient (Wildman–Crippen LogP) is 4.54. The van der Waals surface area contributed by atoms with Crippen molar-refractivity contribution in [2.75, 3.05) is 27.3 Å². The third kappa shape index (κ3) is 4.40. The van der Waals surface area contributed by atoms with Crippen LogP contribution in [0.5, 0.6) is 11.5 Å². The van der Waals surface area contributed by atoms with E-state index in [4.69, 9.17) is 9.47 Å². The van der Waals surface area contributed by atoms with E-state index >= 15 is 0 Å². The van der Waals surface area contributed by atoms with E-state index in [2.05, 4.69) is 23.6 Å². The minimum atomic E-state index is -0.169. The summed E-state index contributed by atoms with van der Waals surface area (Å²) < 4.78 is 10.7. The Balaban J connectivity index is 1.42. The highest BCUT2D eigenvalue weighted by Gasteiger charge is 2.38. The summed E-state index contributed by atoms with van der Waals surface area (Å²) in [5.41, 5.74) is 2.75. The van der Waals surface area contributed by atoms with Crippen molar-refractivity contribution in [2.24, 2.45) is 0 Å². The smallest absolute Gasteiger partial charge is 0.254 e. The van der Waals surface area contributed by atoms with Gasteiger partial charge in [-0.15, -0.1) is 11.3 Å². The summed E-state index contributed by atoms with van der Waals surface area (Å²) in [4.78, 5) is 32.3. The number of methoxy groups -OCH3 is 2. The Morgan fingerprint density at radius 2 is 1.74 bits per heavy atom. The van der Waals surface area contributed by atoms with Gasteiger partial charge in [0.15, 0.2) is 0 Å². The summed E-state index contributed by atoms with van der Waals surface area (Å²) in [6, 6.07) is 17.4. The van der Waals surface area contributed by atoms with E-state index in [0.717, 1.165) is 24.8 Å². The fourth-order valence-corrected chi connectivity index (χ4v) is 5.57. The maximum Gasteiger partial charge on any atom is 0.254 e. The van der Waals surface area contributed by atoms with Gasteiger partial charge in [-0.3, -0.25) is 9.59 Å². The van der Waals surface area contributed by atoms with Crippen molar-refractivity contribution < 1.29 is 19.1 Å². The average molecular weight is 477 g/mol. The second-order valence-electron chi connectivity index (χ2n) is 8.72. The van der Waals surface area contributed by atoms with Crippen molar-refractivity contribution in [1.29, 1.82) is 0 Å². The summed E-state index contributed by atoms with van der Waals surface area (Å²) in [5, 5.41) is 2.10. The molecule has 1 fully saturated rings. The van der Waals surface area contributed by atoms with E-state index in [1.54, 1.807) is 48.7 Å². The molecular formula is C27H28N2O4S. The van der Waals surface area contributed by atoms with E-state index in [1.807, 2.05) is 23.1 Å². The van der Waals surface area contributed by atoms with Gasteiger partial charge in [-0.2, -0.15) is 0 Å². The molecule has 2 amide bonds. The summed E-state index contributed by atoms with van der Waals surface area (Å²) in [6.07, 6.45) is 2.67. The van der Waals surface area contributed by atoms with Crippen molar-refractivity contribution >= 4 is 23.2 Å². The zero-order valence-electron chi connectivity index (χ0n) is 19.4. The van der Waals surface area contributed by atoms with E-state index in [-0.39, 0.29) is 30.4 Å². The van der Waals surface area contributed by atoms with Gasteiger partial charge in [0.2, 0.25) is 5.91 Å². The van der Waals surface area contributed by atoms with Crippen LogP contribution < -0.4 is 9.47 Å². The zero-order chi connectivity index (χ0) is 23.7. The lowest BCUT2D eigenvalue weighted by atomic mass is 9.93. The minimum Gasteiger partial charge on any atom is -0.497 e. The van der Waals surface area contributed by atoms with Crippen LogP contribution in [-0.4, -0.2) is 55.0 Å². The molecule has 2 aliphatic rings. The SMILES string of the molecule is COc1cc(OC)cc(C(=O)N(CC(=O)N2CCc3sccc3C2c2ccccc2)C2CC2)c1. The molecule has 2 heterocycles. The molecule has 5 rings (SSSR count). The van der Waals surface area contributed by atoms with Crippen LogP contribution in [0.3, 0.4) is 0 Å². The summed E-state index contributed by atoms with van der Waals surface area (Å²) in [7, 11) is 3.12. The molecule has 1 saturated carbocycles. The Kier molecular flexibility index (Phi) is 6.28.